The molecule has 1 aliphatic heterocycles. The molecular weight excluding hydrogens is 390 g/mol. The summed E-state index contributed by atoms with van der Waals surface area (Å²) in [5.74, 6) is 1.27. The Hall–Kier alpha value is -2.25. The fourth-order valence-electron chi connectivity index (χ4n) is 4.46. The van der Waals surface area contributed by atoms with E-state index < -0.39 is 6.10 Å². The highest BCUT2D eigenvalue weighted by molar-refractivity contribution is 5.37. The summed E-state index contributed by atoms with van der Waals surface area (Å²) in [4.78, 5) is 13.1. The van der Waals surface area contributed by atoms with E-state index in [0.29, 0.717) is 12.5 Å². The lowest BCUT2D eigenvalue weighted by molar-refractivity contribution is -0.0419. The van der Waals surface area contributed by atoms with Crippen molar-refractivity contribution in [2.45, 2.75) is 83.6 Å². The molecule has 3 N–H and O–H groups in total. The number of aromatic nitrogens is 3. The van der Waals surface area contributed by atoms with Gasteiger partial charge in [0.1, 0.15) is 5.60 Å². The molecule has 7 nitrogen and oxygen atoms in total. The van der Waals surface area contributed by atoms with Crippen LogP contribution in [-0.2, 0) is 6.42 Å². The van der Waals surface area contributed by atoms with Crippen LogP contribution in [0.15, 0.2) is 30.7 Å². The highest BCUT2D eigenvalue weighted by Gasteiger charge is 2.46. The first-order valence-corrected chi connectivity index (χ1v) is 11.4. The molecule has 2 aromatic heterocycles. The van der Waals surface area contributed by atoms with Gasteiger partial charge in [-0.2, -0.15) is 0 Å². The van der Waals surface area contributed by atoms with Crippen LogP contribution in [0.5, 0.6) is 5.88 Å². The van der Waals surface area contributed by atoms with Crippen LogP contribution >= 0.6 is 0 Å². The molecule has 4 rings (SSSR count). The van der Waals surface area contributed by atoms with Gasteiger partial charge in [0.25, 0.3) is 0 Å². The molecule has 3 atom stereocenters. The lowest BCUT2D eigenvalue weighted by atomic mass is 9.73. The number of nitrogens with zero attached hydrogens (tertiary/aromatic N) is 3. The Kier molecular flexibility index (Phi) is 6.17. The van der Waals surface area contributed by atoms with Crippen LogP contribution in [0.1, 0.15) is 70.5 Å². The number of hydrogen-bond acceptors (Lipinski definition) is 7. The van der Waals surface area contributed by atoms with E-state index in [1.165, 1.54) is 12.0 Å². The number of fused-ring (bicyclic) bond motifs is 1. The zero-order valence-electron chi connectivity index (χ0n) is 19.1. The Morgan fingerprint density at radius 1 is 1.23 bits per heavy atom. The van der Waals surface area contributed by atoms with Gasteiger partial charge in [0.15, 0.2) is 0 Å². The number of nitrogens with one attached hydrogen (secondary N) is 2. The molecule has 3 heterocycles. The molecule has 2 aromatic rings. The van der Waals surface area contributed by atoms with Crippen LogP contribution in [0, 0.1) is 5.41 Å². The second-order valence-electron chi connectivity index (χ2n) is 10.4. The fraction of sp³-hybridized carbons (Fsp3) is 0.625. The van der Waals surface area contributed by atoms with Crippen molar-refractivity contribution in [1.82, 2.24) is 20.3 Å². The van der Waals surface area contributed by atoms with E-state index in [9.17, 15) is 5.11 Å². The zero-order valence-corrected chi connectivity index (χ0v) is 19.1. The molecule has 1 aliphatic carbocycles. The number of ether oxygens (including phenoxy) is 1. The Morgan fingerprint density at radius 2 is 1.97 bits per heavy atom. The number of pyridine rings is 1. The van der Waals surface area contributed by atoms with Gasteiger partial charge in [0.05, 0.1) is 12.1 Å². The summed E-state index contributed by atoms with van der Waals surface area (Å²) in [5, 5.41) is 17.5. The summed E-state index contributed by atoms with van der Waals surface area (Å²) < 4.78 is 6.36. The van der Waals surface area contributed by atoms with Gasteiger partial charge in [-0.1, -0.05) is 20.8 Å². The third kappa shape index (κ3) is 5.33. The minimum atomic E-state index is -0.585. The predicted molar refractivity (Wildman–Crippen MR) is 121 cm³/mol. The lowest BCUT2D eigenvalue weighted by Gasteiger charge is -2.47. The fourth-order valence-corrected chi connectivity index (χ4v) is 4.46. The van der Waals surface area contributed by atoms with Crippen molar-refractivity contribution in [2.24, 2.45) is 5.41 Å². The van der Waals surface area contributed by atoms with Crippen molar-refractivity contribution < 1.29 is 9.84 Å². The van der Waals surface area contributed by atoms with Crippen molar-refractivity contribution in [1.29, 1.82) is 0 Å². The van der Waals surface area contributed by atoms with Crippen LogP contribution < -0.4 is 15.4 Å². The lowest BCUT2D eigenvalue weighted by Crippen LogP contribution is -2.50. The number of rotatable bonds is 7. The first kappa shape index (κ1) is 22.0. The van der Waals surface area contributed by atoms with Crippen molar-refractivity contribution in [3.8, 4) is 5.88 Å². The van der Waals surface area contributed by atoms with E-state index in [1.54, 1.807) is 18.5 Å². The topological polar surface area (TPSA) is 92.2 Å². The summed E-state index contributed by atoms with van der Waals surface area (Å²) in [5.41, 5.74) is 2.43. The van der Waals surface area contributed by atoms with Gasteiger partial charge in [-0.15, -0.1) is 0 Å². The molecule has 0 aromatic carbocycles. The smallest absolute Gasteiger partial charge is 0.222 e. The summed E-state index contributed by atoms with van der Waals surface area (Å²) in [6.45, 7) is 9.12. The van der Waals surface area contributed by atoms with Crippen molar-refractivity contribution >= 4 is 5.95 Å². The van der Waals surface area contributed by atoms with Gasteiger partial charge >= 0.3 is 0 Å². The Morgan fingerprint density at radius 3 is 2.61 bits per heavy atom. The maximum atomic E-state index is 10.7. The summed E-state index contributed by atoms with van der Waals surface area (Å²) in [6, 6.07) is 3.95. The van der Waals surface area contributed by atoms with Gasteiger partial charge in [0, 0.05) is 43.2 Å². The van der Waals surface area contributed by atoms with E-state index in [-0.39, 0.29) is 23.1 Å². The van der Waals surface area contributed by atoms with Crippen LogP contribution in [0.4, 0.5) is 5.95 Å². The van der Waals surface area contributed by atoms with Gasteiger partial charge < -0.3 is 20.5 Å². The maximum Gasteiger partial charge on any atom is 0.222 e. The third-order valence-corrected chi connectivity index (χ3v) is 6.27. The number of aliphatic hydroxyl groups is 1. The number of hydrogen-bond donors (Lipinski definition) is 3. The average Bonchev–Trinajstić information content (AvgIpc) is 2.70. The Labute approximate surface area is 185 Å². The van der Waals surface area contributed by atoms with Crippen molar-refractivity contribution in [2.75, 3.05) is 11.9 Å². The van der Waals surface area contributed by atoms with Crippen LogP contribution in [-0.4, -0.2) is 44.4 Å². The Balaban J connectivity index is 1.46. The van der Waals surface area contributed by atoms with E-state index >= 15 is 0 Å². The van der Waals surface area contributed by atoms with Crippen LogP contribution in [0.2, 0.25) is 0 Å². The molecular formula is C24H35N5O2. The second-order valence-corrected chi connectivity index (χ2v) is 10.4. The maximum absolute atomic E-state index is 10.7. The first-order chi connectivity index (χ1) is 14.7. The predicted octanol–water partition coefficient (Wildman–Crippen LogP) is 3.66. The summed E-state index contributed by atoms with van der Waals surface area (Å²) in [6.07, 6.45) is 9.97. The standard InChI is InChI=1S/C24H35N5O2/c1-16(29-22-25-9-6-10-26-22)20(30)15-27-19-13-24(7-5-8-24)31-21-18(19)11-17(14-28-21)12-23(2,3)4/h6,9-11,14,16,19-20,27,30H,5,7-8,12-13,15H2,1-4H3,(H,25,26,29)/t16?,19-,20?/m0/s1. The van der Waals surface area contributed by atoms with E-state index in [1.807, 2.05) is 13.1 Å². The van der Waals surface area contributed by atoms with Crippen LogP contribution in [0.25, 0.3) is 0 Å². The van der Waals surface area contributed by atoms with E-state index in [2.05, 4.69) is 47.4 Å². The molecule has 31 heavy (non-hydrogen) atoms. The molecule has 2 unspecified atom stereocenters. The molecule has 2 aliphatic rings. The second kappa shape index (κ2) is 8.71. The quantitative estimate of drug-likeness (QED) is 0.623. The average molecular weight is 426 g/mol. The molecule has 0 amide bonds. The van der Waals surface area contributed by atoms with Crippen molar-refractivity contribution in [3.63, 3.8) is 0 Å². The first-order valence-electron chi connectivity index (χ1n) is 11.4. The largest absolute Gasteiger partial charge is 0.471 e. The minimum absolute atomic E-state index is 0.101. The molecule has 0 bridgehead atoms. The highest BCUT2D eigenvalue weighted by Crippen LogP contribution is 2.48. The van der Waals surface area contributed by atoms with E-state index in [0.717, 1.165) is 37.1 Å². The monoisotopic (exact) mass is 425 g/mol. The normalized spacial score (nSPS) is 21.5. The van der Waals surface area contributed by atoms with Gasteiger partial charge in [0.2, 0.25) is 11.8 Å². The molecule has 7 heteroatoms. The highest BCUT2D eigenvalue weighted by atomic mass is 16.5. The molecule has 168 valence electrons. The van der Waals surface area contributed by atoms with E-state index in [4.69, 9.17) is 9.72 Å². The Bertz CT molecular complexity index is 879. The van der Waals surface area contributed by atoms with Crippen LogP contribution in [0.3, 0.4) is 0 Å². The molecule has 1 fully saturated rings. The van der Waals surface area contributed by atoms with Gasteiger partial charge in [-0.25, -0.2) is 15.0 Å². The molecule has 0 radical (unpaired) electrons. The number of anilines is 1. The summed E-state index contributed by atoms with van der Waals surface area (Å²) in [7, 11) is 0. The SMILES string of the molecule is CC(Nc1ncccn1)C(O)CN[C@H]1CC2(CCC2)Oc2ncc(CC(C)(C)C)cc21. The molecule has 1 saturated carbocycles. The zero-order chi connectivity index (χ0) is 22.1. The van der Waals surface area contributed by atoms with Crippen molar-refractivity contribution in [3.05, 3.63) is 41.9 Å². The molecule has 1 spiro atoms. The number of aliphatic hydroxyl groups excluding tert-OH is 1. The minimum Gasteiger partial charge on any atom is -0.471 e. The molecule has 0 saturated heterocycles. The van der Waals surface area contributed by atoms with Gasteiger partial charge in [-0.3, -0.25) is 0 Å². The third-order valence-electron chi connectivity index (χ3n) is 6.27. The summed E-state index contributed by atoms with van der Waals surface area (Å²) >= 11 is 0. The van der Waals surface area contributed by atoms with Gasteiger partial charge in [-0.05, 0) is 55.7 Å².